The van der Waals surface area contributed by atoms with Gasteiger partial charge in [0, 0.05) is 11.0 Å². The van der Waals surface area contributed by atoms with Gasteiger partial charge >= 0.3 is 0 Å². The van der Waals surface area contributed by atoms with Gasteiger partial charge in [0.2, 0.25) is 6.33 Å². The summed E-state index contributed by atoms with van der Waals surface area (Å²) in [7, 11) is 1.96. The SMILES string of the molecule is CSc1cc(N)c([N+](=O)[O-])cc1NCC[n+]1ccn(C)c1.[Br-]. The molecule has 1 aromatic carbocycles. The molecular formula is C13H18BrN5O2S. The summed E-state index contributed by atoms with van der Waals surface area (Å²) in [5.74, 6) is 0. The predicted molar refractivity (Wildman–Crippen MR) is 83.4 cm³/mol. The number of nitrogens with one attached hydrogen (secondary N) is 1. The summed E-state index contributed by atoms with van der Waals surface area (Å²) in [5, 5.41) is 14.2. The van der Waals surface area contributed by atoms with Crippen LogP contribution in [-0.2, 0) is 13.6 Å². The van der Waals surface area contributed by atoms with Crippen LogP contribution in [0, 0.1) is 10.1 Å². The number of thioether (sulfide) groups is 1. The largest absolute Gasteiger partial charge is 1.00 e. The van der Waals surface area contributed by atoms with E-state index < -0.39 is 4.92 Å². The number of nitrogen functional groups attached to an aromatic ring is 1. The molecule has 0 bridgehead atoms. The van der Waals surface area contributed by atoms with Crippen molar-refractivity contribution in [3.63, 3.8) is 0 Å². The van der Waals surface area contributed by atoms with Crippen molar-refractivity contribution >= 4 is 28.8 Å². The monoisotopic (exact) mass is 387 g/mol. The van der Waals surface area contributed by atoms with E-state index in [-0.39, 0.29) is 28.4 Å². The van der Waals surface area contributed by atoms with Crippen LogP contribution in [0.4, 0.5) is 17.1 Å². The average Bonchev–Trinajstić information content (AvgIpc) is 2.85. The molecule has 7 nitrogen and oxygen atoms in total. The van der Waals surface area contributed by atoms with Crippen LogP contribution in [0.3, 0.4) is 0 Å². The summed E-state index contributed by atoms with van der Waals surface area (Å²) in [6, 6.07) is 3.14. The molecule has 0 fully saturated rings. The fourth-order valence-electron chi connectivity index (χ4n) is 2.00. The van der Waals surface area contributed by atoms with Gasteiger partial charge in [0.15, 0.2) is 0 Å². The van der Waals surface area contributed by atoms with Gasteiger partial charge in [-0.15, -0.1) is 11.8 Å². The lowest BCUT2D eigenvalue weighted by Crippen LogP contribution is -3.00. The molecule has 0 aliphatic heterocycles. The quantitative estimate of drug-likeness (QED) is 0.210. The molecule has 0 unspecified atom stereocenters. The first-order valence-electron chi connectivity index (χ1n) is 6.38. The van der Waals surface area contributed by atoms with E-state index in [0.717, 1.165) is 17.1 Å². The second-order valence-electron chi connectivity index (χ2n) is 4.61. The van der Waals surface area contributed by atoms with Crippen LogP contribution >= 0.6 is 11.8 Å². The lowest BCUT2D eigenvalue weighted by atomic mass is 10.2. The van der Waals surface area contributed by atoms with Crippen LogP contribution in [-0.4, -0.2) is 22.3 Å². The molecule has 0 aliphatic rings. The molecule has 1 aromatic heterocycles. The predicted octanol–water partition coefficient (Wildman–Crippen LogP) is -1.36. The maximum absolute atomic E-state index is 11.0. The van der Waals surface area contributed by atoms with Crippen molar-refractivity contribution in [2.24, 2.45) is 7.05 Å². The van der Waals surface area contributed by atoms with Gasteiger partial charge in [0.1, 0.15) is 24.6 Å². The Bertz CT molecular complexity index is 662. The van der Waals surface area contributed by atoms with Gasteiger partial charge in [0.25, 0.3) is 5.69 Å². The smallest absolute Gasteiger partial charge is 0.294 e. The summed E-state index contributed by atoms with van der Waals surface area (Å²) in [4.78, 5) is 11.4. The maximum Gasteiger partial charge on any atom is 0.294 e. The summed E-state index contributed by atoms with van der Waals surface area (Å²) >= 11 is 1.50. The highest BCUT2D eigenvalue weighted by Gasteiger charge is 2.15. The molecule has 22 heavy (non-hydrogen) atoms. The van der Waals surface area contributed by atoms with E-state index in [9.17, 15) is 10.1 Å². The average molecular weight is 388 g/mol. The number of benzene rings is 1. The number of halogens is 1. The lowest BCUT2D eigenvalue weighted by Gasteiger charge is -2.10. The summed E-state index contributed by atoms with van der Waals surface area (Å²) in [6.45, 7) is 1.44. The Labute approximate surface area is 143 Å². The number of anilines is 2. The minimum atomic E-state index is -0.462. The number of imidazole rings is 1. The number of nitrogens with zero attached hydrogens (tertiary/aromatic N) is 3. The van der Waals surface area contributed by atoms with E-state index in [0.29, 0.717) is 6.54 Å². The number of nitrogens with two attached hydrogens (primary N) is 1. The molecule has 0 saturated carbocycles. The van der Waals surface area contributed by atoms with E-state index in [4.69, 9.17) is 5.73 Å². The highest BCUT2D eigenvalue weighted by molar-refractivity contribution is 7.98. The summed E-state index contributed by atoms with van der Waals surface area (Å²) in [6.07, 6.45) is 7.82. The van der Waals surface area contributed by atoms with E-state index in [2.05, 4.69) is 5.32 Å². The van der Waals surface area contributed by atoms with Gasteiger partial charge in [-0.25, -0.2) is 9.13 Å². The Hall–Kier alpha value is -1.74. The van der Waals surface area contributed by atoms with E-state index in [1.54, 1.807) is 6.07 Å². The third-order valence-electron chi connectivity index (χ3n) is 3.05. The van der Waals surface area contributed by atoms with E-state index in [1.807, 2.05) is 41.2 Å². The number of nitro groups is 1. The molecular weight excluding hydrogens is 370 g/mol. The van der Waals surface area contributed by atoms with Gasteiger partial charge in [-0.2, -0.15) is 0 Å². The van der Waals surface area contributed by atoms with E-state index >= 15 is 0 Å². The second kappa shape index (κ2) is 8.04. The van der Waals surface area contributed by atoms with Crippen molar-refractivity contribution in [2.75, 3.05) is 23.9 Å². The zero-order chi connectivity index (χ0) is 15.4. The van der Waals surface area contributed by atoms with Gasteiger partial charge in [-0.1, -0.05) is 0 Å². The molecule has 0 aliphatic carbocycles. The summed E-state index contributed by atoms with van der Waals surface area (Å²) < 4.78 is 4.00. The number of nitro benzene ring substituents is 1. The Balaban J connectivity index is 0.00000242. The Kier molecular flexibility index (Phi) is 6.69. The van der Waals surface area contributed by atoms with Gasteiger partial charge in [-0.3, -0.25) is 10.1 Å². The number of aryl methyl sites for hydroxylation is 1. The fraction of sp³-hybridized carbons (Fsp3) is 0.308. The van der Waals surface area contributed by atoms with Crippen LogP contribution in [0.15, 0.2) is 35.7 Å². The van der Waals surface area contributed by atoms with Crippen LogP contribution in [0.5, 0.6) is 0 Å². The zero-order valence-electron chi connectivity index (χ0n) is 12.3. The van der Waals surface area contributed by atoms with Crippen molar-refractivity contribution in [3.8, 4) is 0 Å². The van der Waals surface area contributed by atoms with Gasteiger partial charge in [-0.05, 0) is 12.3 Å². The summed E-state index contributed by atoms with van der Waals surface area (Å²) in [5.41, 5.74) is 6.56. The van der Waals surface area contributed by atoms with Gasteiger partial charge in [0.05, 0.1) is 24.2 Å². The van der Waals surface area contributed by atoms with Crippen LogP contribution < -0.4 is 32.6 Å². The van der Waals surface area contributed by atoms with E-state index in [1.165, 1.54) is 17.8 Å². The maximum atomic E-state index is 11.0. The van der Waals surface area contributed by atoms with Crippen molar-refractivity contribution < 1.29 is 26.5 Å². The molecule has 0 saturated heterocycles. The number of aromatic nitrogens is 2. The van der Waals surface area contributed by atoms with Crippen molar-refractivity contribution in [2.45, 2.75) is 11.4 Å². The minimum Gasteiger partial charge on any atom is -1.00 e. The highest BCUT2D eigenvalue weighted by atomic mass is 79.9. The number of hydrogen-bond acceptors (Lipinski definition) is 5. The molecule has 2 aromatic rings. The topological polar surface area (TPSA) is 90.0 Å². The molecule has 1 heterocycles. The Morgan fingerprint density at radius 3 is 2.77 bits per heavy atom. The molecule has 120 valence electrons. The zero-order valence-corrected chi connectivity index (χ0v) is 14.7. The second-order valence-corrected chi connectivity index (χ2v) is 5.46. The Morgan fingerprint density at radius 1 is 1.50 bits per heavy atom. The fourth-order valence-corrected chi connectivity index (χ4v) is 2.60. The molecule has 0 spiro atoms. The third-order valence-corrected chi connectivity index (χ3v) is 3.83. The molecule has 3 N–H and O–H groups in total. The molecule has 2 rings (SSSR count). The van der Waals surface area contributed by atoms with Crippen LogP contribution in [0.2, 0.25) is 0 Å². The minimum absolute atomic E-state index is 0. The molecule has 0 atom stereocenters. The number of rotatable bonds is 6. The molecule has 0 amide bonds. The van der Waals surface area contributed by atoms with Crippen LogP contribution in [0.25, 0.3) is 0 Å². The molecule has 0 radical (unpaired) electrons. The van der Waals surface area contributed by atoms with Crippen molar-refractivity contribution in [3.05, 3.63) is 41.0 Å². The first kappa shape index (κ1) is 18.3. The standard InChI is InChI=1S/C13H18N5O2S.BrH/c1-16-5-6-17(9-16)4-3-15-11-8-12(18(19)20)10(14)7-13(11)21-2;/h5-9,15H,3-4,14H2,1-2H3;1H/q+1;/p-1. The third kappa shape index (κ3) is 4.38. The lowest BCUT2D eigenvalue weighted by molar-refractivity contribution is -0.693. The highest BCUT2D eigenvalue weighted by Crippen LogP contribution is 2.34. The van der Waals surface area contributed by atoms with Crippen molar-refractivity contribution in [1.29, 1.82) is 0 Å². The normalized spacial score (nSPS) is 10.1. The van der Waals surface area contributed by atoms with Crippen molar-refractivity contribution in [1.82, 2.24) is 4.57 Å². The first-order chi connectivity index (χ1) is 10.0. The molecule has 9 heteroatoms. The van der Waals surface area contributed by atoms with Gasteiger partial charge < -0.3 is 28.0 Å². The first-order valence-corrected chi connectivity index (χ1v) is 7.60. The van der Waals surface area contributed by atoms with Crippen LogP contribution in [0.1, 0.15) is 0 Å². The Morgan fingerprint density at radius 2 is 2.23 bits per heavy atom. The number of hydrogen-bond donors (Lipinski definition) is 2.